The van der Waals surface area contributed by atoms with Crippen LogP contribution in [0.15, 0.2) is 0 Å². The van der Waals surface area contributed by atoms with Crippen molar-refractivity contribution in [2.24, 2.45) is 0 Å². The summed E-state index contributed by atoms with van der Waals surface area (Å²) in [5, 5.41) is 10.0. The van der Waals surface area contributed by atoms with Gasteiger partial charge in [-0.05, 0) is 19.3 Å². The van der Waals surface area contributed by atoms with Crippen molar-refractivity contribution in [1.29, 1.82) is 0 Å². The van der Waals surface area contributed by atoms with Crippen LogP contribution >= 0.6 is 0 Å². The molecule has 1 N–H and O–H groups in total. The lowest BCUT2D eigenvalue weighted by Crippen LogP contribution is -2.63. The molecule has 2 heterocycles. The molecule has 9 heteroatoms. The Hall–Kier alpha value is -1.71. The third kappa shape index (κ3) is 11.7. The van der Waals surface area contributed by atoms with Crippen LogP contribution in [0.1, 0.15) is 117 Å². The van der Waals surface area contributed by atoms with Gasteiger partial charge in [0.05, 0.1) is 12.7 Å². The average molecular weight is 529 g/mol. The molecule has 0 amide bonds. The SMILES string of the molecule is CCCCCC[C@@H]1CCCCCCCCCCC(=O)O[C@@H]2[C@H](O1)O[C@H](CO)[C@@H](OC(C)=O)[C@@H]2OC(C)=O. The van der Waals surface area contributed by atoms with Crippen LogP contribution < -0.4 is 0 Å². The van der Waals surface area contributed by atoms with Gasteiger partial charge in [0.25, 0.3) is 0 Å². The summed E-state index contributed by atoms with van der Waals surface area (Å²) in [6.45, 7) is 4.13. The zero-order valence-corrected chi connectivity index (χ0v) is 23.0. The summed E-state index contributed by atoms with van der Waals surface area (Å²) in [5.74, 6) is -1.70. The lowest BCUT2D eigenvalue weighted by atomic mass is 9.97. The van der Waals surface area contributed by atoms with Gasteiger partial charge in [-0.1, -0.05) is 77.6 Å². The van der Waals surface area contributed by atoms with Gasteiger partial charge in [-0.3, -0.25) is 14.4 Å². The predicted molar refractivity (Wildman–Crippen MR) is 137 cm³/mol. The van der Waals surface area contributed by atoms with Gasteiger partial charge >= 0.3 is 17.9 Å². The summed E-state index contributed by atoms with van der Waals surface area (Å²) in [5.41, 5.74) is 0. The van der Waals surface area contributed by atoms with Crippen molar-refractivity contribution < 1.29 is 43.2 Å². The third-order valence-corrected chi connectivity index (χ3v) is 7.01. The minimum atomic E-state index is -1.17. The molecule has 0 saturated carbocycles. The Kier molecular flexibility index (Phi) is 15.1. The van der Waals surface area contributed by atoms with E-state index in [1.165, 1.54) is 26.7 Å². The second-order valence-corrected chi connectivity index (χ2v) is 10.3. The molecule has 0 aliphatic carbocycles. The van der Waals surface area contributed by atoms with Gasteiger partial charge in [-0.25, -0.2) is 0 Å². The summed E-state index contributed by atoms with van der Waals surface area (Å²) in [6.07, 6.45) is 9.02. The van der Waals surface area contributed by atoms with E-state index in [4.69, 9.17) is 23.7 Å². The lowest BCUT2D eigenvalue weighted by molar-refractivity contribution is -0.317. The molecule has 0 bridgehead atoms. The summed E-state index contributed by atoms with van der Waals surface area (Å²) in [6, 6.07) is 0. The molecule has 2 fully saturated rings. The summed E-state index contributed by atoms with van der Waals surface area (Å²) in [4.78, 5) is 36.7. The van der Waals surface area contributed by atoms with E-state index in [2.05, 4.69) is 6.92 Å². The zero-order valence-electron chi connectivity index (χ0n) is 23.0. The molecular weight excluding hydrogens is 480 g/mol. The first kappa shape index (κ1) is 31.5. The van der Waals surface area contributed by atoms with E-state index >= 15 is 0 Å². The maximum absolute atomic E-state index is 12.8. The number of fused-ring (bicyclic) bond motifs is 1. The molecule has 2 aliphatic rings. The molecule has 0 spiro atoms. The molecular formula is C28H48O9. The number of aliphatic hydroxyl groups excluding tert-OH is 1. The van der Waals surface area contributed by atoms with E-state index in [1.54, 1.807) is 0 Å². The number of hydrogen-bond acceptors (Lipinski definition) is 9. The molecule has 0 aromatic rings. The normalized spacial score (nSPS) is 30.5. The van der Waals surface area contributed by atoms with E-state index < -0.39 is 55.2 Å². The van der Waals surface area contributed by atoms with Crippen LogP contribution in [-0.4, -0.2) is 66.4 Å². The largest absolute Gasteiger partial charge is 0.456 e. The fourth-order valence-electron chi connectivity index (χ4n) is 5.10. The van der Waals surface area contributed by atoms with E-state index in [-0.39, 0.29) is 12.5 Å². The molecule has 2 saturated heterocycles. The first-order chi connectivity index (χ1) is 17.8. The maximum Gasteiger partial charge on any atom is 0.306 e. The number of hydrogen-bond donors (Lipinski definition) is 1. The number of carbonyl (C=O) groups is 3. The average Bonchev–Trinajstić information content (AvgIpc) is 2.84. The molecule has 6 atom stereocenters. The second kappa shape index (κ2) is 17.7. The quantitative estimate of drug-likeness (QED) is 0.270. The Labute approximate surface area is 221 Å². The highest BCUT2D eigenvalue weighted by molar-refractivity contribution is 5.70. The third-order valence-electron chi connectivity index (χ3n) is 7.01. The minimum absolute atomic E-state index is 0.140. The van der Waals surface area contributed by atoms with Gasteiger partial charge < -0.3 is 28.8 Å². The molecule has 0 aromatic heterocycles. The molecule has 37 heavy (non-hydrogen) atoms. The van der Waals surface area contributed by atoms with Crippen molar-refractivity contribution in [1.82, 2.24) is 0 Å². The van der Waals surface area contributed by atoms with Crippen molar-refractivity contribution in [3.8, 4) is 0 Å². The highest BCUT2D eigenvalue weighted by Gasteiger charge is 2.52. The monoisotopic (exact) mass is 528 g/mol. The van der Waals surface area contributed by atoms with Gasteiger partial charge in [-0.2, -0.15) is 0 Å². The maximum atomic E-state index is 12.8. The Balaban J connectivity index is 2.33. The summed E-state index contributed by atoms with van der Waals surface area (Å²) >= 11 is 0. The second-order valence-electron chi connectivity index (χ2n) is 10.3. The number of ether oxygens (including phenoxy) is 5. The van der Waals surface area contributed by atoms with Crippen molar-refractivity contribution in [3.05, 3.63) is 0 Å². The Morgan fingerprint density at radius 2 is 1.49 bits per heavy atom. The van der Waals surface area contributed by atoms with Gasteiger partial charge in [0, 0.05) is 20.3 Å². The van der Waals surface area contributed by atoms with Crippen LogP contribution in [0.4, 0.5) is 0 Å². The van der Waals surface area contributed by atoms with Crippen molar-refractivity contribution >= 4 is 17.9 Å². The van der Waals surface area contributed by atoms with Gasteiger partial charge in [0.1, 0.15) is 6.10 Å². The number of esters is 3. The highest BCUT2D eigenvalue weighted by Crippen LogP contribution is 2.32. The van der Waals surface area contributed by atoms with E-state index in [0.717, 1.165) is 70.6 Å². The number of rotatable bonds is 8. The highest BCUT2D eigenvalue weighted by atomic mass is 16.7. The molecule has 0 aromatic carbocycles. The van der Waals surface area contributed by atoms with Crippen LogP contribution in [-0.2, 0) is 38.1 Å². The molecule has 2 aliphatic heterocycles. The first-order valence-corrected chi connectivity index (χ1v) is 14.3. The molecule has 0 unspecified atom stereocenters. The molecule has 9 nitrogen and oxygen atoms in total. The summed E-state index contributed by atoms with van der Waals surface area (Å²) < 4.78 is 29.3. The molecule has 2 rings (SSSR count). The number of carbonyl (C=O) groups excluding carboxylic acids is 3. The van der Waals surface area contributed by atoms with Gasteiger partial charge in [0.15, 0.2) is 24.6 Å². The van der Waals surface area contributed by atoms with Crippen LogP contribution in [0, 0.1) is 0 Å². The van der Waals surface area contributed by atoms with E-state index in [9.17, 15) is 19.5 Å². The predicted octanol–water partition coefficient (Wildman–Crippen LogP) is 4.75. The minimum Gasteiger partial charge on any atom is -0.456 e. The van der Waals surface area contributed by atoms with E-state index in [1.807, 2.05) is 0 Å². The Bertz CT molecular complexity index is 683. The zero-order chi connectivity index (χ0) is 27.0. The van der Waals surface area contributed by atoms with Crippen molar-refractivity contribution in [2.75, 3.05) is 6.61 Å². The molecule has 214 valence electrons. The fraction of sp³-hybridized carbons (Fsp3) is 0.893. The van der Waals surface area contributed by atoms with Crippen LogP contribution in [0.2, 0.25) is 0 Å². The van der Waals surface area contributed by atoms with E-state index in [0.29, 0.717) is 6.42 Å². The fourth-order valence-corrected chi connectivity index (χ4v) is 5.10. The smallest absolute Gasteiger partial charge is 0.306 e. The Morgan fingerprint density at radius 3 is 2.11 bits per heavy atom. The van der Waals surface area contributed by atoms with Crippen LogP contribution in [0.5, 0.6) is 0 Å². The first-order valence-electron chi connectivity index (χ1n) is 14.3. The lowest BCUT2D eigenvalue weighted by Gasteiger charge is -2.44. The van der Waals surface area contributed by atoms with Gasteiger partial charge in [-0.15, -0.1) is 0 Å². The topological polar surface area (TPSA) is 118 Å². The molecule has 0 radical (unpaired) electrons. The van der Waals surface area contributed by atoms with Crippen molar-refractivity contribution in [3.63, 3.8) is 0 Å². The Morgan fingerprint density at radius 1 is 0.865 bits per heavy atom. The number of aliphatic hydroxyl groups is 1. The number of unbranched alkanes of at least 4 members (excludes halogenated alkanes) is 3. The van der Waals surface area contributed by atoms with Crippen LogP contribution in [0.3, 0.4) is 0 Å². The standard InChI is InChI=1S/C28H48O9/c1-4-5-6-13-16-22-17-14-11-9-7-8-10-12-15-18-24(32)37-27-26(34-21(3)31)25(33-20(2)30)23(19-29)36-28(27)35-22/h22-23,25-29H,4-19H2,1-3H3/t22-,23-,25-,26+,27+,28-/m1/s1. The van der Waals surface area contributed by atoms with Gasteiger partial charge in [0.2, 0.25) is 0 Å². The van der Waals surface area contributed by atoms with Crippen LogP contribution in [0.25, 0.3) is 0 Å². The van der Waals surface area contributed by atoms with Crippen molar-refractivity contribution in [2.45, 2.75) is 154 Å². The summed E-state index contributed by atoms with van der Waals surface area (Å²) in [7, 11) is 0.